The number of aliphatic hydroxyl groups is 2. The van der Waals surface area contributed by atoms with Crippen molar-refractivity contribution in [3.63, 3.8) is 0 Å². The highest BCUT2D eigenvalue weighted by Gasteiger charge is 2.30. The minimum atomic E-state index is -4.40. The molecule has 0 bridgehead atoms. The Balaban J connectivity index is 1.64. The number of benzene rings is 3. The fraction of sp³-hybridized carbons (Fsp3) is 0.240. The standard InChI is InChI=1S/C25H22F3NO3S2/c26-25(27,28)16-2-1-3-17(11-16)33-18-5-6-19-22(12-18)34-21-7-4-15(10-20(21)23(19)32)8-9-24(29,13-30)14-31/h1-7,10-12,30-31H,8-9,13-14,29H2. The van der Waals surface area contributed by atoms with E-state index in [2.05, 4.69) is 0 Å². The zero-order valence-electron chi connectivity index (χ0n) is 17.9. The van der Waals surface area contributed by atoms with Gasteiger partial charge in [0.25, 0.3) is 0 Å². The van der Waals surface area contributed by atoms with Crippen LogP contribution in [0.25, 0.3) is 20.2 Å². The summed E-state index contributed by atoms with van der Waals surface area (Å²) in [5.74, 6) is 0. The van der Waals surface area contributed by atoms with Crippen LogP contribution in [-0.4, -0.2) is 29.0 Å². The highest BCUT2D eigenvalue weighted by molar-refractivity contribution is 7.99. The average Bonchev–Trinajstić information content (AvgIpc) is 2.82. The van der Waals surface area contributed by atoms with E-state index in [1.54, 1.807) is 18.2 Å². The van der Waals surface area contributed by atoms with Gasteiger partial charge in [0.05, 0.1) is 24.3 Å². The minimum Gasteiger partial charge on any atom is -0.394 e. The molecule has 4 N–H and O–H groups in total. The van der Waals surface area contributed by atoms with Crippen molar-refractivity contribution in [2.75, 3.05) is 13.2 Å². The number of aryl methyl sites for hydroxylation is 1. The zero-order chi connectivity index (χ0) is 24.5. The molecule has 3 aromatic carbocycles. The van der Waals surface area contributed by atoms with Crippen molar-refractivity contribution in [1.29, 1.82) is 0 Å². The Morgan fingerprint density at radius 1 is 0.882 bits per heavy atom. The lowest BCUT2D eigenvalue weighted by Gasteiger charge is -2.24. The topological polar surface area (TPSA) is 83.6 Å². The summed E-state index contributed by atoms with van der Waals surface area (Å²) in [5.41, 5.74) is 4.93. The summed E-state index contributed by atoms with van der Waals surface area (Å²) in [6.45, 7) is -0.672. The number of nitrogens with two attached hydrogens (primary N) is 1. The van der Waals surface area contributed by atoms with Crippen LogP contribution in [0.2, 0.25) is 0 Å². The van der Waals surface area contributed by atoms with Crippen molar-refractivity contribution in [2.45, 2.75) is 34.3 Å². The van der Waals surface area contributed by atoms with E-state index in [1.807, 2.05) is 24.3 Å². The van der Waals surface area contributed by atoms with Crippen LogP contribution in [-0.2, 0) is 12.6 Å². The summed E-state index contributed by atoms with van der Waals surface area (Å²) in [5, 5.41) is 19.9. The van der Waals surface area contributed by atoms with E-state index < -0.39 is 17.3 Å². The summed E-state index contributed by atoms with van der Waals surface area (Å²) in [4.78, 5) is 14.4. The molecule has 0 aliphatic heterocycles. The summed E-state index contributed by atoms with van der Waals surface area (Å²) in [6, 6.07) is 16.0. The van der Waals surface area contributed by atoms with Gasteiger partial charge in [-0.15, -0.1) is 11.3 Å². The van der Waals surface area contributed by atoms with E-state index in [0.29, 0.717) is 28.5 Å². The lowest BCUT2D eigenvalue weighted by atomic mass is 9.93. The molecule has 1 heterocycles. The van der Waals surface area contributed by atoms with Crippen molar-refractivity contribution in [2.24, 2.45) is 5.73 Å². The molecule has 4 rings (SSSR count). The molecule has 0 spiro atoms. The molecule has 0 atom stereocenters. The van der Waals surface area contributed by atoms with E-state index in [-0.39, 0.29) is 18.6 Å². The molecular formula is C25H22F3NO3S2. The first-order valence-corrected chi connectivity index (χ1v) is 12.1. The number of alkyl halides is 3. The highest BCUT2D eigenvalue weighted by atomic mass is 32.2. The number of fused-ring (bicyclic) bond motifs is 2. The van der Waals surface area contributed by atoms with Gasteiger partial charge in [-0.3, -0.25) is 4.79 Å². The Bertz CT molecular complexity index is 1400. The molecule has 0 unspecified atom stereocenters. The lowest BCUT2D eigenvalue weighted by molar-refractivity contribution is -0.137. The summed E-state index contributed by atoms with van der Waals surface area (Å²) >= 11 is 2.65. The van der Waals surface area contributed by atoms with Crippen LogP contribution in [0.3, 0.4) is 0 Å². The average molecular weight is 506 g/mol. The molecule has 34 heavy (non-hydrogen) atoms. The Hall–Kier alpha value is -2.43. The maximum atomic E-state index is 13.1. The molecule has 4 nitrogen and oxygen atoms in total. The van der Waals surface area contributed by atoms with Crippen molar-refractivity contribution in [3.05, 3.63) is 82.0 Å². The van der Waals surface area contributed by atoms with Gasteiger partial charge in [0, 0.05) is 30.0 Å². The molecular weight excluding hydrogens is 483 g/mol. The van der Waals surface area contributed by atoms with Crippen LogP contribution in [0, 0.1) is 0 Å². The first kappa shape index (κ1) is 24.7. The third kappa shape index (κ3) is 5.29. The number of hydrogen-bond donors (Lipinski definition) is 3. The monoisotopic (exact) mass is 505 g/mol. The Kier molecular flexibility index (Phi) is 7.02. The Morgan fingerprint density at radius 3 is 2.32 bits per heavy atom. The van der Waals surface area contributed by atoms with E-state index in [9.17, 15) is 28.2 Å². The zero-order valence-corrected chi connectivity index (χ0v) is 19.6. The molecule has 0 fully saturated rings. The van der Waals surface area contributed by atoms with E-state index >= 15 is 0 Å². The molecule has 1 aromatic heterocycles. The van der Waals surface area contributed by atoms with Gasteiger partial charge in [0.15, 0.2) is 5.43 Å². The third-order valence-electron chi connectivity index (χ3n) is 5.64. The highest BCUT2D eigenvalue weighted by Crippen LogP contribution is 2.36. The van der Waals surface area contributed by atoms with Crippen molar-refractivity contribution in [1.82, 2.24) is 0 Å². The van der Waals surface area contributed by atoms with Gasteiger partial charge < -0.3 is 15.9 Å². The number of rotatable bonds is 7. The van der Waals surface area contributed by atoms with Crippen molar-refractivity contribution < 1.29 is 23.4 Å². The smallest absolute Gasteiger partial charge is 0.394 e. The van der Waals surface area contributed by atoms with E-state index in [0.717, 1.165) is 32.0 Å². The summed E-state index contributed by atoms with van der Waals surface area (Å²) in [6.07, 6.45) is -3.53. The maximum absolute atomic E-state index is 13.1. The normalized spacial score (nSPS) is 12.5. The molecule has 4 aromatic rings. The maximum Gasteiger partial charge on any atom is 0.416 e. The molecule has 0 radical (unpaired) electrons. The van der Waals surface area contributed by atoms with Gasteiger partial charge in [-0.25, -0.2) is 0 Å². The SMILES string of the molecule is NC(CO)(CO)CCc1ccc2sc3cc(Sc4cccc(C(F)(F)F)c4)ccc3c(=O)c2c1. The first-order valence-electron chi connectivity index (χ1n) is 10.5. The predicted molar refractivity (Wildman–Crippen MR) is 131 cm³/mol. The molecule has 0 amide bonds. The third-order valence-corrected chi connectivity index (χ3v) is 7.76. The summed E-state index contributed by atoms with van der Waals surface area (Å²) in [7, 11) is 0. The number of halogens is 3. The largest absolute Gasteiger partial charge is 0.416 e. The van der Waals surface area contributed by atoms with Crippen molar-refractivity contribution in [3.8, 4) is 0 Å². The van der Waals surface area contributed by atoms with Gasteiger partial charge >= 0.3 is 6.18 Å². The Morgan fingerprint density at radius 2 is 1.62 bits per heavy atom. The summed E-state index contributed by atoms with van der Waals surface area (Å²) < 4.78 is 40.6. The lowest BCUT2D eigenvalue weighted by Crippen LogP contribution is -2.47. The van der Waals surface area contributed by atoms with Crippen LogP contribution >= 0.6 is 23.1 Å². The van der Waals surface area contributed by atoms with Crippen LogP contribution in [0.1, 0.15) is 17.5 Å². The van der Waals surface area contributed by atoms with E-state index in [4.69, 9.17) is 5.73 Å². The molecule has 9 heteroatoms. The Labute approximate surface area is 201 Å². The quantitative estimate of drug-likeness (QED) is 0.301. The van der Waals surface area contributed by atoms with Crippen LogP contribution < -0.4 is 11.2 Å². The van der Waals surface area contributed by atoms with Gasteiger partial charge in [-0.2, -0.15) is 13.2 Å². The first-order chi connectivity index (χ1) is 16.1. The van der Waals surface area contributed by atoms with Gasteiger partial charge in [0.1, 0.15) is 0 Å². The van der Waals surface area contributed by atoms with Crippen LogP contribution in [0.15, 0.2) is 75.2 Å². The van der Waals surface area contributed by atoms with Crippen molar-refractivity contribution >= 4 is 43.3 Å². The second kappa shape index (κ2) is 9.67. The fourth-order valence-corrected chi connectivity index (χ4v) is 5.66. The van der Waals surface area contributed by atoms with Crippen LogP contribution in [0.4, 0.5) is 13.2 Å². The van der Waals surface area contributed by atoms with E-state index in [1.165, 1.54) is 29.2 Å². The van der Waals surface area contributed by atoms with Gasteiger partial charge in [0.2, 0.25) is 0 Å². The second-order valence-corrected chi connectivity index (χ2v) is 10.5. The minimum absolute atomic E-state index is 0.121. The molecule has 0 aliphatic carbocycles. The second-order valence-electron chi connectivity index (χ2n) is 8.23. The predicted octanol–water partition coefficient (Wildman–Crippen LogP) is 5.20. The molecule has 178 valence electrons. The van der Waals surface area contributed by atoms with Gasteiger partial charge in [-0.05, 0) is 66.9 Å². The molecule has 0 saturated carbocycles. The fourth-order valence-electron chi connectivity index (χ4n) is 3.57. The molecule has 0 saturated heterocycles. The molecule has 0 aliphatic rings. The van der Waals surface area contributed by atoms with Crippen LogP contribution in [0.5, 0.6) is 0 Å². The van der Waals surface area contributed by atoms with Gasteiger partial charge in [-0.1, -0.05) is 23.9 Å². The number of hydrogen-bond acceptors (Lipinski definition) is 6. The number of aliphatic hydroxyl groups excluding tert-OH is 2.